The summed E-state index contributed by atoms with van der Waals surface area (Å²) in [7, 11) is 0. The first kappa shape index (κ1) is 18.8. The second kappa shape index (κ2) is 7.85. The number of nitrogens with zero attached hydrogens (tertiary/aromatic N) is 2. The molecule has 0 saturated carbocycles. The van der Waals surface area contributed by atoms with Gasteiger partial charge in [-0.2, -0.15) is 0 Å². The highest BCUT2D eigenvalue weighted by Crippen LogP contribution is 2.22. The molecule has 2 aromatic heterocycles. The Balaban J connectivity index is 1.87. The van der Waals surface area contributed by atoms with Crippen molar-refractivity contribution in [2.75, 3.05) is 5.32 Å². The molecule has 0 spiro atoms. The van der Waals surface area contributed by atoms with E-state index in [-0.39, 0.29) is 16.8 Å². The molecule has 0 bridgehead atoms. The SMILES string of the molecule is Cc1cccc(NC(=O)c2cc3ccccc3oc2=Nc2cc(Cl)ccc2F)n1. The van der Waals surface area contributed by atoms with Gasteiger partial charge in [0.25, 0.3) is 5.91 Å². The standard InChI is InChI=1S/C22H15ClFN3O2/c1-13-5-4-8-20(25-13)27-21(28)16-11-14-6-2-3-7-19(14)29-22(16)26-18-12-15(23)9-10-17(18)24/h2-12H,1H3,(H,25,27,28). The molecule has 0 aliphatic rings. The molecule has 5 nitrogen and oxygen atoms in total. The molecule has 4 rings (SSSR count). The average Bonchev–Trinajstić information content (AvgIpc) is 2.70. The van der Waals surface area contributed by atoms with Crippen molar-refractivity contribution in [2.24, 2.45) is 4.99 Å². The number of pyridine rings is 1. The van der Waals surface area contributed by atoms with Crippen LogP contribution in [0.25, 0.3) is 11.0 Å². The molecule has 4 aromatic rings. The number of benzene rings is 2. The summed E-state index contributed by atoms with van der Waals surface area (Å²) in [6.07, 6.45) is 0. The van der Waals surface area contributed by atoms with Gasteiger partial charge in [0, 0.05) is 16.1 Å². The van der Waals surface area contributed by atoms with Crippen molar-refractivity contribution in [1.82, 2.24) is 4.98 Å². The number of carbonyl (C=O) groups is 1. The molecule has 29 heavy (non-hydrogen) atoms. The number of fused-ring (bicyclic) bond motifs is 1. The molecule has 0 unspecified atom stereocenters. The highest BCUT2D eigenvalue weighted by atomic mass is 35.5. The number of hydrogen-bond acceptors (Lipinski definition) is 4. The summed E-state index contributed by atoms with van der Waals surface area (Å²) in [6.45, 7) is 1.82. The number of amides is 1. The lowest BCUT2D eigenvalue weighted by Gasteiger charge is -2.07. The van der Waals surface area contributed by atoms with Gasteiger partial charge in [0.1, 0.15) is 28.5 Å². The van der Waals surface area contributed by atoms with Crippen LogP contribution in [0.2, 0.25) is 5.02 Å². The molecule has 0 fully saturated rings. The fourth-order valence-corrected chi connectivity index (χ4v) is 2.96. The predicted molar refractivity (Wildman–Crippen MR) is 110 cm³/mol. The van der Waals surface area contributed by atoms with E-state index in [0.29, 0.717) is 21.8 Å². The van der Waals surface area contributed by atoms with Gasteiger partial charge in [-0.1, -0.05) is 35.9 Å². The zero-order valence-corrected chi connectivity index (χ0v) is 16.1. The summed E-state index contributed by atoms with van der Waals surface area (Å²) in [5.41, 5.74) is 1.36. The normalized spacial score (nSPS) is 11.6. The molecule has 0 atom stereocenters. The Labute approximate surface area is 170 Å². The smallest absolute Gasteiger partial charge is 0.262 e. The monoisotopic (exact) mass is 407 g/mol. The number of hydrogen-bond donors (Lipinski definition) is 1. The van der Waals surface area contributed by atoms with Crippen molar-refractivity contribution in [2.45, 2.75) is 6.92 Å². The van der Waals surface area contributed by atoms with Crippen molar-refractivity contribution in [3.8, 4) is 0 Å². The molecule has 0 aliphatic carbocycles. The maximum atomic E-state index is 14.2. The van der Waals surface area contributed by atoms with E-state index in [4.69, 9.17) is 16.0 Å². The zero-order valence-electron chi connectivity index (χ0n) is 15.3. The molecule has 0 radical (unpaired) electrons. The Kier molecular flexibility index (Phi) is 5.10. The second-order valence-electron chi connectivity index (χ2n) is 6.33. The fraction of sp³-hybridized carbons (Fsp3) is 0.0455. The average molecular weight is 408 g/mol. The van der Waals surface area contributed by atoms with Gasteiger partial charge in [-0.15, -0.1) is 0 Å². The molecule has 1 N–H and O–H groups in total. The molecule has 0 saturated heterocycles. The van der Waals surface area contributed by atoms with E-state index in [1.54, 1.807) is 30.3 Å². The number of aryl methyl sites for hydroxylation is 1. The highest BCUT2D eigenvalue weighted by molar-refractivity contribution is 6.30. The summed E-state index contributed by atoms with van der Waals surface area (Å²) in [4.78, 5) is 21.4. The summed E-state index contributed by atoms with van der Waals surface area (Å²) in [5, 5.41) is 3.76. The van der Waals surface area contributed by atoms with E-state index in [1.165, 1.54) is 18.2 Å². The number of para-hydroxylation sites is 1. The van der Waals surface area contributed by atoms with E-state index in [9.17, 15) is 9.18 Å². The quantitative estimate of drug-likeness (QED) is 0.493. The van der Waals surface area contributed by atoms with Crippen LogP contribution in [0.1, 0.15) is 16.1 Å². The Hall–Kier alpha value is -3.51. The Morgan fingerprint density at radius 2 is 1.93 bits per heavy atom. The highest BCUT2D eigenvalue weighted by Gasteiger charge is 2.14. The van der Waals surface area contributed by atoms with Gasteiger partial charge in [0.15, 0.2) is 0 Å². The van der Waals surface area contributed by atoms with E-state index >= 15 is 0 Å². The van der Waals surface area contributed by atoms with Crippen LogP contribution in [0.15, 0.2) is 76.1 Å². The summed E-state index contributed by atoms with van der Waals surface area (Å²) < 4.78 is 20.0. The zero-order chi connectivity index (χ0) is 20.4. The number of nitrogens with one attached hydrogen (secondary N) is 1. The fourth-order valence-electron chi connectivity index (χ4n) is 2.79. The van der Waals surface area contributed by atoms with Crippen LogP contribution in [-0.4, -0.2) is 10.9 Å². The number of rotatable bonds is 3. The third-order valence-corrected chi connectivity index (χ3v) is 4.40. The van der Waals surface area contributed by atoms with Crippen molar-refractivity contribution in [3.05, 3.63) is 94.4 Å². The van der Waals surface area contributed by atoms with Gasteiger partial charge < -0.3 is 9.73 Å². The minimum absolute atomic E-state index is 0.0285. The van der Waals surface area contributed by atoms with Crippen LogP contribution in [-0.2, 0) is 0 Å². The molecule has 2 aromatic carbocycles. The molecule has 7 heteroatoms. The Morgan fingerprint density at radius 1 is 1.10 bits per heavy atom. The minimum atomic E-state index is -0.579. The van der Waals surface area contributed by atoms with E-state index in [2.05, 4.69) is 15.3 Å². The maximum absolute atomic E-state index is 14.2. The van der Waals surface area contributed by atoms with E-state index < -0.39 is 11.7 Å². The van der Waals surface area contributed by atoms with Crippen molar-refractivity contribution >= 4 is 40.0 Å². The molecule has 1 amide bonds. The Bertz CT molecular complexity index is 1300. The first-order chi connectivity index (χ1) is 14.0. The van der Waals surface area contributed by atoms with Gasteiger partial charge in [-0.25, -0.2) is 14.4 Å². The number of carbonyl (C=O) groups excluding carboxylic acids is 1. The van der Waals surface area contributed by atoms with E-state index in [0.717, 1.165) is 5.69 Å². The molecule has 0 aliphatic heterocycles. The van der Waals surface area contributed by atoms with Crippen LogP contribution >= 0.6 is 11.6 Å². The third kappa shape index (κ3) is 4.17. The number of halogens is 2. The number of anilines is 1. The van der Waals surface area contributed by atoms with Crippen LogP contribution in [0.3, 0.4) is 0 Å². The van der Waals surface area contributed by atoms with Crippen LogP contribution in [0.4, 0.5) is 15.9 Å². The molecular formula is C22H15ClFN3O2. The lowest BCUT2D eigenvalue weighted by Crippen LogP contribution is -2.22. The van der Waals surface area contributed by atoms with E-state index in [1.807, 2.05) is 25.1 Å². The summed E-state index contributed by atoms with van der Waals surface area (Å²) >= 11 is 5.96. The molecular weight excluding hydrogens is 393 g/mol. The Morgan fingerprint density at radius 3 is 2.76 bits per heavy atom. The lowest BCUT2D eigenvalue weighted by molar-refractivity contribution is 0.102. The van der Waals surface area contributed by atoms with Crippen LogP contribution < -0.4 is 10.9 Å². The van der Waals surface area contributed by atoms with Crippen molar-refractivity contribution < 1.29 is 13.6 Å². The van der Waals surface area contributed by atoms with Crippen molar-refractivity contribution in [1.29, 1.82) is 0 Å². The largest absolute Gasteiger partial charge is 0.438 e. The van der Waals surface area contributed by atoms with Crippen molar-refractivity contribution in [3.63, 3.8) is 0 Å². The first-order valence-corrected chi connectivity index (χ1v) is 9.15. The van der Waals surface area contributed by atoms with Gasteiger partial charge >= 0.3 is 0 Å². The second-order valence-corrected chi connectivity index (χ2v) is 6.77. The van der Waals surface area contributed by atoms with Crippen LogP contribution in [0, 0.1) is 12.7 Å². The molecule has 144 valence electrons. The van der Waals surface area contributed by atoms with Crippen LogP contribution in [0.5, 0.6) is 0 Å². The van der Waals surface area contributed by atoms with Gasteiger partial charge in [0.2, 0.25) is 5.55 Å². The molecule has 2 heterocycles. The first-order valence-electron chi connectivity index (χ1n) is 8.77. The topological polar surface area (TPSA) is 67.5 Å². The third-order valence-electron chi connectivity index (χ3n) is 4.16. The lowest BCUT2D eigenvalue weighted by atomic mass is 10.1. The maximum Gasteiger partial charge on any atom is 0.262 e. The van der Waals surface area contributed by atoms with Gasteiger partial charge in [-0.3, -0.25) is 4.79 Å². The summed E-state index contributed by atoms with van der Waals surface area (Å²) in [6, 6.07) is 18.1. The van der Waals surface area contributed by atoms with Gasteiger partial charge in [-0.05, 0) is 49.4 Å². The van der Waals surface area contributed by atoms with Gasteiger partial charge in [0.05, 0.1) is 0 Å². The minimum Gasteiger partial charge on any atom is -0.438 e. The predicted octanol–water partition coefficient (Wildman–Crippen LogP) is 5.41. The number of aromatic nitrogens is 1. The summed E-state index contributed by atoms with van der Waals surface area (Å²) in [5.74, 6) is -0.661.